The molecule has 176 valence electrons. The Hall–Kier alpha value is 1.21. The van der Waals surface area contributed by atoms with Crippen LogP contribution in [0.5, 0.6) is 0 Å². The summed E-state index contributed by atoms with van der Waals surface area (Å²) >= 11 is 0. The maximum absolute atomic E-state index is 4.51. The Morgan fingerprint density at radius 3 is 0.724 bits per heavy atom. The van der Waals surface area contributed by atoms with E-state index in [0.29, 0.717) is 0 Å². The van der Waals surface area contributed by atoms with Crippen molar-refractivity contribution in [1.82, 2.24) is 0 Å². The number of unbranched alkanes of at least 4 members (excludes halogenated alkanes) is 12. The maximum Gasteiger partial charge on any atom is 4.00 e. The van der Waals surface area contributed by atoms with Gasteiger partial charge in [-0.3, -0.25) is 0 Å². The predicted molar refractivity (Wildman–Crippen MR) is 123 cm³/mol. The summed E-state index contributed by atoms with van der Waals surface area (Å²) in [4.78, 5) is 0. The van der Waals surface area contributed by atoms with Crippen molar-refractivity contribution in [3.8, 4) is 0 Å². The van der Waals surface area contributed by atoms with E-state index in [1.54, 1.807) is 0 Å². The van der Waals surface area contributed by atoms with Gasteiger partial charge in [0.25, 0.3) is 0 Å². The number of hydrogen-bond donors (Lipinski definition) is 0. The van der Waals surface area contributed by atoms with E-state index in [2.05, 4.69) is 38.3 Å². The first-order chi connectivity index (χ1) is 12.8. The first-order valence-electron chi connectivity index (χ1n) is 12.1. The Bertz CT molecular complexity index is 181. The molecule has 0 amide bonds. The van der Waals surface area contributed by atoms with Crippen LogP contribution in [0.25, 0.3) is 10.6 Å². The van der Waals surface area contributed by atoms with E-state index < -0.39 is 0 Å². The third-order valence-electron chi connectivity index (χ3n) is 4.68. The van der Waals surface area contributed by atoms with Gasteiger partial charge in [-0.15, -0.1) is 26.2 Å². The zero-order chi connectivity index (χ0) is 19.6. The van der Waals surface area contributed by atoms with Crippen molar-refractivity contribution in [3.05, 3.63) is 10.6 Å². The molecule has 0 aromatic heterocycles. The molecule has 0 aromatic carbocycles. The molecule has 0 fully saturated rings. The van der Waals surface area contributed by atoms with Crippen LogP contribution in [0.15, 0.2) is 0 Å². The first-order valence-corrected chi connectivity index (χ1v) is 12.1. The summed E-state index contributed by atoms with van der Waals surface area (Å²) < 4.78 is 0. The monoisotopic (exact) mass is 486 g/mol. The van der Waals surface area contributed by atoms with Crippen LogP contribution in [0, 0.1) is 0 Å². The van der Waals surface area contributed by atoms with Crippen LogP contribution >= 0.6 is 0 Å². The Balaban J connectivity index is -0.000000120. The third-order valence-corrected chi connectivity index (χ3v) is 4.68. The van der Waals surface area contributed by atoms with E-state index in [1.807, 2.05) is 0 Å². The summed E-state index contributed by atoms with van der Waals surface area (Å²) in [6.07, 6.45) is 21.5. The molecule has 0 saturated heterocycles. The fourth-order valence-electron chi connectivity index (χ4n) is 2.83. The fourth-order valence-corrected chi connectivity index (χ4v) is 2.83. The standard InChI is InChI=1S/2C12H26N.2ClH.Ti/c2*1-3-5-7-9-11-13-12-10-8-6-4-2;;;/h2*3-12H2,1-2H3;2*1H;/q2*-1;;;+4/p-2. The molecule has 0 aromatic rings. The van der Waals surface area contributed by atoms with Crippen LogP contribution in [0.2, 0.25) is 0 Å². The van der Waals surface area contributed by atoms with Crippen molar-refractivity contribution >= 4 is 0 Å². The Labute approximate surface area is 213 Å². The summed E-state index contributed by atoms with van der Waals surface area (Å²) in [5.74, 6) is 0. The smallest absolute Gasteiger partial charge is 1.00 e. The molecule has 0 aliphatic carbocycles. The number of halogens is 2. The molecule has 0 aliphatic heterocycles. The van der Waals surface area contributed by atoms with Gasteiger partial charge >= 0.3 is 21.7 Å². The van der Waals surface area contributed by atoms with Crippen LogP contribution < -0.4 is 24.8 Å². The summed E-state index contributed by atoms with van der Waals surface area (Å²) in [5, 5.41) is 9.03. The van der Waals surface area contributed by atoms with Crippen molar-refractivity contribution in [2.45, 2.75) is 130 Å². The summed E-state index contributed by atoms with van der Waals surface area (Å²) in [6, 6.07) is 0. The van der Waals surface area contributed by atoms with Crippen molar-refractivity contribution in [3.63, 3.8) is 0 Å². The second-order valence-corrected chi connectivity index (χ2v) is 7.58. The topological polar surface area (TPSA) is 28.2 Å². The average molecular weight is 487 g/mol. The maximum atomic E-state index is 4.51. The van der Waals surface area contributed by atoms with Crippen LogP contribution in [0.3, 0.4) is 0 Å². The molecule has 0 heterocycles. The minimum atomic E-state index is 0. The Morgan fingerprint density at radius 1 is 0.345 bits per heavy atom. The number of hydrogen-bond acceptors (Lipinski definition) is 0. The quantitative estimate of drug-likeness (QED) is 0.187. The molecule has 2 nitrogen and oxygen atoms in total. The zero-order valence-corrected chi connectivity index (χ0v) is 23.4. The second kappa shape index (κ2) is 43.2. The number of nitrogens with zero attached hydrogens (tertiary/aromatic N) is 2. The van der Waals surface area contributed by atoms with Gasteiger partial charge < -0.3 is 35.4 Å². The normalized spacial score (nSPS) is 9.52. The molecule has 0 radical (unpaired) electrons. The number of rotatable bonds is 20. The summed E-state index contributed by atoms with van der Waals surface area (Å²) in [5.41, 5.74) is 0. The molecular formula is C24H52Cl2N2Ti. The van der Waals surface area contributed by atoms with Gasteiger partial charge in [0, 0.05) is 0 Å². The van der Waals surface area contributed by atoms with E-state index >= 15 is 0 Å². The SMILES string of the molecule is CCCCCC[N-]CCCCCC.CCCCCC[N-]CCCCCC.[Cl-].[Cl-].[Ti+4]. The van der Waals surface area contributed by atoms with E-state index in [4.69, 9.17) is 0 Å². The minimum Gasteiger partial charge on any atom is -1.00 e. The van der Waals surface area contributed by atoms with Crippen molar-refractivity contribution in [2.24, 2.45) is 0 Å². The molecule has 0 bridgehead atoms. The van der Waals surface area contributed by atoms with Crippen molar-refractivity contribution in [2.75, 3.05) is 26.2 Å². The van der Waals surface area contributed by atoms with E-state index in [-0.39, 0.29) is 46.5 Å². The average Bonchev–Trinajstić information content (AvgIpc) is 2.66. The first kappa shape index (κ1) is 40.6. The molecular weight excluding hydrogens is 435 g/mol. The minimum absolute atomic E-state index is 0. The fraction of sp³-hybridized carbons (Fsp3) is 1.00. The Kier molecular flexibility index (Phi) is 60.4. The molecule has 5 heteroatoms. The van der Waals surface area contributed by atoms with E-state index in [9.17, 15) is 0 Å². The van der Waals surface area contributed by atoms with Crippen LogP contribution in [0.4, 0.5) is 0 Å². The van der Waals surface area contributed by atoms with Crippen LogP contribution in [-0.2, 0) is 21.7 Å². The van der Waals surface area contributed by atoms with Crippen molar-refractivity contribution in [1.29, 1.82) is 0 Å². The summed E-state index contributed by atoms with van der Waals surface area (Å²) in [7, 11) is 0. The van der Waals surface area contributed by atoms with Gasteiger partial charge in [-0.05, 0) is 0 Å². The van der Waals surface area contributed by atoms with Crippen molar-refractivity contribution < 1.29 is 46.5 Å². The van der Waals surface area contributed by atoms with E-state index in [0.717, 1.165) is 26.2 Å². The van der Waals surface area contributed by atoms with Crippen LogP contribution in [-0.4, -0.2) is 26.2 Å². The molecule has 0 rings (SSSR count). The van der Waals surface area contributed by atoms with Gasteiger partial charge in [0.05, 0.1) is 0 Å². The molecule has 0 spiro atoms. The molecule has 0 N–H and O–H groups in total. The summed E-state index contributed by atoms with van der Waals surface area (Å²) in [6.45, 7) is 13.4. The van der Waals surface area contributed by atoms with Gasteiger partial charge in [-0.2, -0.15) is 0 Å². The van der Waals surface area contributed by atoms with E-state index in [1.165, 1.54) is 103 Å². The Morgan fingerprint density at radius 2 is 0.552 bits per heavy atom. The van der Waals surface area contributed by atoms with Gasteiger partial charge in [-0.25, -0.2) is 0 Å². The van der Waals surface area contributed by atoms with Gasteiger partial charge in [0.15, 0.2) is 0 Å². The molecule has 29 heavy (non-hydrogen) atoms. The second-order valence-electron chi connectivity index (χ2n) is 7.58. The third kappa shape index (κ3) is 48.1. The largest absolute Gasteiger partial charge is 4.00 e. The van der Waals surface area contributed by atoms with Gasteiger partial charge in [0.2, 0.25) is 0 Å². The predicted octanol–water partition coefficient (Wildman–Crippen LogP) is 3.05. The van der Waals surface area contributed by atoms with Gasteiger partial charge in [-0.1, -0.05) is 130 Å². The van der Waals surface area contributed by atoms with Gasteiger partial charge in [0.1, 0.15) is 0 Å². The zero-order valence-electron chi connectivity index (χ0n) is 20.3. The van der Waals surface area contributed by atoms with Crippen LogP contribution in [0.1, 0.15) is 130 Å². The molecule has 0 aliphatic rings. The molecule has 0 saturated carbocycles. The molecule has 0 atom stereocenters. The molecule has 0 unspecified atom stereocenters.